The Bertz CT molecular complexity index is 606. The van der Waals surface area contributed by atoms with Crippen LogP contribution in [0.25, 0.3) is 0 Å². The Hall–Kier alpha value is -2.16. The van der Waals surface area contributed by atoms with Gasteiger partial charge in [0.05, 0.1) is 12.8 Å². The molecular weight excluding hydrogens is 238 g/mol. The molecule has 100 valence electrons. The van der Waals surface area contributed by atoms with Gasteiger partial charge in [0.15, 0.2) is 5.75 Å². The standard InChI is InChI=1S/C16H19NO2/c1-10-7-11(2)12(3)15(8-10)19-16-9-13(18-4)5-6-14(16)17/h5-9H,17H2,1-4H3. The lowest BCUT2D eigenvalue weighted by molar-refractivity contribution is 0.409. The Morgan fingerprint density at radius 2 is 1.68 bits per heavy atom. The van der Waals surface area contributed by atoms with Crippen molar-refractivity contribution in [3.05, 3.63) is 47.0 Å². The summed E-state index contributed by atoms with van der Waals surface area (Å²) in [6, 6.07) is 9.55. The molecule has 0 saturated carbocycles. The highest BCUT2D eigenvalue weighted by Gasteiger charge is 2.08. The van der Waals surface area contributed by atoms with E-state index in [-0.39, 0.29) is 0 Å². The molecule has 3 nitrogen and oxygen atoms in total. The Balaban J connectivity index is 2.41. The Labute approximate surface area is 114 Å². The quantitative estimate of drug-likeness (QED) is 0.845. The topological polar surface area (TPSA) is 44.5 Å². The highest BCUT2D eigenvalue weighted by molar-refractivity contribution is 5.58. The van der Waals surface area contributed by atoms with Crippen LogP contribution in [0.3, 0.4) is 0 Å². The molecule has 0 aliphatic heterocycles. The average molecular weight is 257 g/mol. The number of anilines is 1. The third kappa shape index (κ3) is 2.81. The predicted octanol–water partition coefficient (Wildman–Crippen LogP) is 3.99. The lowest BCUT2D eigenvalue weighted by Gasteiger charge is -2.14. The molecule has 2 aromatic carbocycles. The van der Waals surface area contributed by atoms with Gasteiger partial charge in [0.1, 0.15) is 11.5 Å². The van der Waals surface area contributed by atoms with Gasteiger partial charge in [-0.15, -0.1) is 0 Å². The van der Waals surface area contributed by atoms with E-state index in [1.807, 2.05) is 26.0 Å². The first kappa shape index (κ1) is 13.3. The summed E-state index contributed by atoms with van der Waals surface area (Å²) in [4.78, 5) is 0. The van der Waals surface area contributed by atoms with Gasteiger partial charge < -0.3 is 15.2 Å². The number of nitrogens with two attached hydrogens (primary N) is 1. The summed E-state index contributed by atoms with van der Waals surface area (Å²) in [5.74, 6) is 2.18. The second-order valence-corrected chi connectivity index (χ2v) is 4.71. The minimum Gasteiger partial charge on any atom is -0.497 e. The monoisotopic (exact) mass is 257 g/mol. The van der Waals surface area contributed by atoms with Gasteiger partial charge in [-0.05, 0) is 55.7 Å². The van der Waals surface area contributed by atoms with Crippen LogP contribution in [0.15, 0.2) is 30.3 Å². The predicted molar refractivity (Wildman–Crippen MR) is 78.1 cm³/mol. The van der Waals surface area contributed by atoms with Gasteiger partial charge in [-0.2, -0.15) is 0 Å². The van der Waals surface area contributed by atoms with Gasteiger partial charge >= 0.3 is 0 Å². The zero-order chi connectivity index (χ0) is 14.0. The van der Waals surface area contributed by atoms with Crippen LogP contribution in [0.5, 0.6) is 17.2 Å². The third-order valence-electron chi connectivity index (χ3n) is 3.20. The Morgan fingerprint density at radius 1 is 0.947 bits per heavy atom. The fraction of sp³-hybridized carbons (Fsp3) is 0.250. The number of benzene rings is 2. The molecule has 0 fully saturated rings. The lowest BCUT2D eigenvalue weighted by atomic mass is 10.1. The number of methoxy groups -OCH3 is 1. The number of ether oxygens (including phenoxy) is 2. The fourth-order valence-corrected chi connectivity index (χ4v) is 1.96. The molecule has 0 atom stereocenters. The maximum atomic E-state index is 5.94. The van der Waals surface area contributed by atoms with Crippen molar-refractivity contribution in [2.45, 2.75) is 20.8 Å². The van der Waals surface area contributed by atoms with Crippen molar-refractivity contribution in [2.75, 3.05) is 12.8 Å². The minimum absolute atomic E-state index is 0.597. The van der Waals surface area contributed by atoms with Gasteiger partial charge in [-0.25, -0.2) is 0 Å². The van der Waals surface area contributed by atoms with Crippen molar-refractivity contribution in [2.24, 2.45) is 0 Å². The zero-order valence-corrected chi connectivity index (χ0v) is 11.8. The Morgan fingerprint density at radius 3 is 2.37 bits per heavy atom. The van der Waals surface area contributed by atoms with E-state index < -0.39 is 0 Å². The van der Waals surface area contributed by atoms with Crippen LogP contribution >= 0.6 is 0 Å². The maximum absolute atomic E-state index is 5.94. The van der Waals surface area contributed by atoms with Crippen LogP contribution in [-0.4, -0.2) is 7.11 Å². The average Bonchev–Trinajstić information content (AvgIpc) is 2.38. The smallest absolute Gasteiger partial charge is 0.154 e. The van der Waals surface area contributed by atoms with Gasteiger partial charge in [0, 0.05) is 6.07 Å². The molecular formula is C16H19NO2. The minimum atomic E-state index is 0.597. The zero-order valence-electron chi connectivity index (χ0n) is 11.8. The van der Waals surface area contributed by atoms with E-state index in [1.54, 1.807) is 19.2 Å². The molecule has 3 heteroatoms. The summed E-state index contributed by atoms with van der Waals surface area (Å²) in [5, 5.41) is 0. The van der Waals surface area contributed by atoms with Gasteiger partial charge in [-0.3, -0.25) is 0 Å². The molecule has 0 spiro atoms. The van der Waals surface area contributed by atoms with Gasteiger partial charge in [-0.1, -0.05) is 6.07 Å². The number of hydrogen-bond donors (Lipinski definition) is 1. The summed E-state index contributed by atoms with van der Waals surface area (Å²) in [5.41, 5.74) is 10.0. The fourth-order valence-electron chi connectivity index (χ4n) is 1.96. The summed E-state index contributed by atoms with van der Waals surface area (Å²) >= 11 is 0. The summed E-state index contributed by atoms with van der Waals surface area (Å²) in [6.45, 7) is 6.17. The van der Waals surface area contributed by atoms with Crippen molar-refractivity contribution < 1.29 is 9.47 Å². The van der Waals surface area contributed by atoms with Crippen LogP contribution in [0.2, 0.25) is 0 Å². The molecule has 0 radical (unpaired) electrons. The number of hydrogen-bond acceptors (Lipinski definition) is 3. The van der Waals surface area contributed by atoms with Crippen molar-refractivity contribution in [3.8, 4) is 17.2 Å². The summed E-state index contributed by atoms with van der Waals surface area (Å²) in [6.07, 6.45) is 0. The third-order valence-corrected chi connectivity index (χ3v) is 3.20. The van der Waals surface area contributed by atoms with Crippen LogP contribution in [0, 0.1) is 20.8 Å². The number of nitrogen functional groups attached to an aromatic ring is 1. The number of rotatable bonds is 3. The second-order valence-electron chi connectivity index (χ2n) is 4.71. The largest absolute Gasteiger partial charge is 0.497 e. The molecule has 2 aromatic rings. The van der Waals surface area contributed by atoms with E-state index in [2.05, 4.69) is 13.0 Å². The van der Waals surface area contributed by atoms with E-state index in [0.29, 0.717) is 11.4 Å². The van der Waals surface area contributed by atoms with E-state index >= 15 is 0 Å². The van der Waals surface area contributed by atoms with E-state index in [9.17, 15) is 0 Å². The van der Waals surface area contributed by atoms with Gasteiger partial charge in [0.25, 0.3) is 0 Å². The van der Waals surface area contributed by atoms with Gasteiger partial charge in [0.2, 0.25) is 0 Å². The maximum Gasteiger partial charge on any atom is 0.154 e. The highest BCUT2D eigenvalue weighted by Crippen LogP contribution is 2.34. The molecule has 0 aliphatic rings. The summed E-state index contributed by atoms with van der Waals surface area (Å²) < 4.78 is 11.1. The van der Waals surface area contributed by atoms with Crippen molar-refractivity contribution >= 4 is 5.69 Å². The molecule has 0 amide bonds. The van der Waals surface area contributed by atoms with Crippen molar-refractivity contribution in [1.82, 2.24) is 0 Å². The summed E-state index contributed by atoms with van der Waals surface area (Å²) in [7, 11) is 1.62. The van der Waals surface area contributed by atoms with Crippen LogP contribution < -0.4 is 15.2 Å². The van der Waals surface area contributed by atoms with Crippen molar-refractivity contribution in [1.29, 1.82) is 0 Å². The van der Waals surface area contributed by atoms with Crippen LogP contribution in [0.1, 0.15) is 16.7 Å². The molecule has 0 bridgehead atoms. The molecule has 0 unspecified atom stereocenters. The van der Waals surface area contributed by atoms with E-state index in [1.165, 1.54) is 11.1 Å². The highest BCUT2D eigenvalue weighted by atomic mass is 16.5. The lowest BCUT2D eigenvalue weighted by Crippen LogP contribution is -1.96. The molecule has 0 aromatic heterocycles. The first-order chi connectivity index (χ1) is 9.01. The molecule has 0 aliphatic carbocycles. The molecule has 2 rings (SSSR count). The van der Waals surface area contributed by atoms with E-state index in [0.717, 1.165) is 17.1 Å². The SMILES string of the molecule is COc1ccc(N)c(Oc2cc(C)cc(C)c2C)c1. The molecule has 0 saturated heterocycles. The van der Waals surface area contributed by atoms with E-state index in [4.69, 9.17) is 15.2 Å². The number of aryl methyl sites for hydroxylation is 2. The molecule has 2 N–H and O–H groups in total. The van der Waals surface area contributed by atoms with Crippen LogP contribution in [-0.2, 0) is 0 Å². The first-order valence-corrected chi connectivity index (χ1v) is 6.20. The van der Waals surface area contributed by atoms with Crippen LogP contribution in [0.4, 0.5) is 5.69 Å². The molecule has 0 heterocycles. The van der Waals surface area contributed by atoms with Crippen molar-refractivity contribution in [3.63, 3.8) is 0 Å². The first-order valence-electron chi connectivity index (χ1n) is 6.20. The normalized spacial score (nSPS) is 10.3. The molecule has 19 heavy (non-hydrogen) atoms. The Kier molecular flexibility index (Phi) is 3.65. The second kappa shape index (κ2) is 5.22.